The summed E-state index contributed by atoms with van der Waals surface area (Å²) in [6.07, 6.45) is 5.57. The Bertz CT molecular complexity index is 329. The highest BCUT2D eigenvalue weighted by Gasteiger charge is 2.13. The molecule has 0 amide bonds. The Morgan fingerprint density at radius 1 is 1.54 bits per heavy atom. The second kappa shape index (κ2) is 4.16. The predicted molar refractivity (Wildman–Crippen MR) is 62.7 cm³/mol. The Hall–Kier alpha value is 0.210. The van der Waals surface area contributed by atoms with Gasteiger partial charge in [0.2, 0.25) is 0 Å². The number of halogens is 2. The lowest BCUT2D eigenvalue weighted by Gasteiger charge is -1.96. The molecule has 0 aromatic carbocycles. The van der Waals surface area contributed by atoms with Gasteiger partial charge in [-0.2, -0.15) is 0 Å². The van der Waals surface area contributed by atoms with Crippen LogP contribution in [0, 0.1) is 0 Å². The molecule has 0 bridgehead atoms. The van der Waals surface area contributed by atoms with Gasteiger partial charge in [0, 0.05) is 11.3 Å². The second-order valence-electron chi connectivity index (χ2n) is 3.26. The number of hydrogen-bond donors (Lipinski definition) is 0. The van der Waals surface area contributed by atoms with Crippen LogP contribution in [0.2, 0.25) is 0 Å². The first kappa shape index (κ1) is 9.75. The molecule has 0 spiro atoms. The highest BCUT2D eigenvalue weighted by Crippen LogP contribution is 2.29. The third kappa shape index (κ3) is 2.58. The van der Waals surface area contributed by atoms with Crippen molar-refractivity contribution < 1.29 is 0 Å². The van der Waals surface area contributed by atoms with Gasteiger partial charge >= 0.3 is 0 Å². The zero-order valence-electron chi connectivity index (χ0n) is 7.09. The van der Waals surface area contributed by atoms with Crippen LogP contribution in [0.3, 0.4) is 0 Å². The maximum atomic E-state index is 6.00. The van der Waals surface area contributed by atoms with Gasteiger partial charge in [-0.25, -0.2) is 0 Å². The Balaban J connectivity index is 2.02. The van der Waals surface area contributed by atoms with Crippen molar-refractivity contribution in [1.82, 2.24) is 0 Å². The van der Waals surface area contributed by atoms with Crippen molar-refractivity contribution in [3.05, 3.63) is 32.4 Å². The fraction of sp³-hybridized carbons (Fsp3) is 0.400. The molecule has 3 heteroatoms. The molecule has 0 fully saturated rings. The fourth-order valence-corrected chi connectivity index (χ4v) is 3.39. The van der Waals surface area contributed by atoms with Crippen molar-refractivity contribution in [2.75, 3.05) is 0 Å². The summed E-state index contributed by atoms with van der Waals surface area (Å²) in [6.45, 7) is 0. The first-order chi connectivity index (χ1) is 6.24. The Morgan fingerprint density at radius 3 is 2.92 bits per heavy atom. The Labute approximate surface area is 95.7 Å². The third-order valence-electron chi connectivity index (χ3n) is 2.19. The van der Waals surface area contributed by atoms with Crippen LogP contribution in [-0.4, -0.2) is 5.38 Å². The highest BCUT2D eigenvalue weighted by atomic mass is 79.9. The first-order valence-corrected chi connectivity index (χ1v) is 6.36. The van der Waals surface area contributed by atoms with Crippen molar-refractivity contribution in [3.63, 3.8) is 0 Å². The van der Waals surface area contributed by atoms with E-state index in [9.17, 15) is 0 Å². The summed E-state index contributed by atoms with van der Waals surface area (Å²) in [5.41, 5.74) is 1.49. The van der Waals surface area contributed by atoms with E-state index in [4.69, 9.17) is 11.6 Å². The largest absolute Gasteiger partial charge is 0.133 e. The number of hydrogen-bond acceptors (Lipinski definition) is 1. The van der Waals surface area contributed by atoms with Crippen LogP contribution in [0.5, 0.6) is 0 Å². The average molecular weight is 278 g/mol. The smallest absolute Gasteiger partial charge is 0.0701 e. The monoisotopic (exact) mass is 276 g/mol. The van der Waals surface area contributed by atoms with E-state index in [0.29, 0.717) is 0 Å². The van der Waals surface area contributed by atoms with E-state index in [1.54, 1.807) is 0 Å². The lowest BCUT2D eigenvalue weighted by molar-refractivity contribution is 0.895. The van der Waals surface area contributed by atoms with Gasteiger partial charge in [-0.3, -0.25) is 0 Å². The van der Waals surface area contributed by atoms with E-state index in [0.717, 1.165) is 12.8 Å². The fourth-order valence-electron chi connectivity index (χ4n) is 1.56. The van der Waals surface area contributed by atoms with E-state index in [2.05, 4.69) is 34.1 Å². The summed E-state index contributed by atoms with van der Waals surface area (Å²) in [5.74, 6) is 0. The van der Waals surface area contributed by atoms with Crippen molar-refractivity contribution >= 4 is 38.9 Å². The molecule has 1 aromatic heterocycles. The van der Waals surface area contributed by atoms with Gasteiger partial charge in [0.25, 0.3) is 0 Å². The SMILES string of the molecule is ClC1C=C(Cc2ccc(Br)s2)CC1. The van der Waals surface area contributed by atoms with Gasteiger partial charge in [-0.05, 0) is 40.9 Å². The van der Waals surface area contributed by atoms with Crippen LogP contribution in [0.4, 0.5) is 0 Å². The molecule has 0 radical (unpaired) electrons. The minimum absolute atomic E-state index is 0.276. The number of alkyl halides is 1. The van der Waals surface area contributed by atoms with Gasteiger partial charge in [-0.15, -0.1) is 22.9 Å². The molecular formula is C10H10BrClS. The summed E-state index contributed by atoms with van der Waals surface area (Å²) in [5, 5.41) is 0.276. The maximum Gasteiger partial charge on any atom is 0.0701 e. The van der Waals surface area contributed by atoms with Gasteiger partial charge in [0.15, 0.2) is 0 Å². The van der Waals surface area contributed by atoms with Crippen LogP contribution >= 0.6 is 38.9 Å². The molecule has 13 heavy (non-hydrogen) atoms. The standard InChI is InChI=1S/C10H10BrClS/c11-10-4-3-9(13-10)6-7-1-2-8(12)5-7/h3-5,8H,1-2,6H2. The Kier molecular flexibility index (Phi) is 3.12. The highest BCUT2D eigenvalue weighted by molar-refractivity contribution is 9.11. The lowest BCUT2D eigenvalue weighted by atomic mass is 10.1. The summed E-state index contributed by atoms with van der Waals surface area (Å²) < 4.78 is 1.21. The quantitative estimate of drug-likeness (QED) is 0.556. The normalized spacial score (nSPS) is 22.0. The van der Waals surface area contributed by atoms with E-state index in [1.165, 1.54) is 20.7 Å². The molecule has 1 aromatic rings. The van der Waals surface area contributed by atoms with Crippen LogP contribution in [0.1, 0.15) is 17.7 Å². The minimum atomic E-state index is 0.276. The average Bonchev–Trinajstić information content (AvgIpc) is 2.62. The third-order valence-corrected chi connectivity index (χ3v) is 4.16. The lowest BCUT2D eigenvalue weighted by Crippen LogP contribution is -1.82. The van der Waals surface area contributed by atoms with Crippen molar-refractivity contribution in [2.24, 2.45) is 0 Å². The molecule has 0 aliphatic heterocycles. The maximum absolute atomic E-state index is 6.00. The van der Waals surface area contributed by atoms with E-state index >= 15 is 0 Å². The van der Waals surface area contributed by atoms with Gasteiger partial charge in [-0.1, -0.05) is 11.6 Å². The minimum Gasteiger partial charge on any atom is -0.133 e. The van der Waals surface area contributed by atoms with E-state index < -0.39 is 0 Å². The van der Waals surface area contributed by atoms with Gasteiger partial charge < -0.3 is 0 Å². The van der Waals surface area contributed by atoms with Crippen molar-refractivity contribution in [3.8, 4) is 0 Å². The van der Waals surface area contributed by atoms with Crippen LogP contribution in [0.15, 0.2) is 27.6 Å². The van der Waals surface area contributed by atoms with Crippen LogP contribution in [-0.2, 0) is 6.42 Å². The van der Waals surface area contributed by atoms with E-state index in [1.807, 2.05) is 11.3 Å². The molecule has 0 saturated heterocycles. The summed E-state index contributed by atoms with van der Waals surface area (Å²) in [4.78, 5) is 1.42. The predicted octanol–water partition coefficient (Wildman–Crippen LogP) is 4.38. The topological polar surface area (TPSA) is 0 Å². The zero-order valence-corrected chi connectivity index (χ0v) is 10.3. The molecule has 0 N–H and O–H groups in total. The van der Waals surface area contributed by atoms with Crippen LogP contribution in [0.25, 0.3) is 0 Å². The van der Waals surface area contributed by atoms with Gasteiger partial charge in [0.1, 0.15) is 0 Å². The van der Waals surface area contributed by atoms with E-state index in [-0.39, 0.29) is 5.38 Å². The molecule has 1 atom stereocenters. The zero-order chi connectivity index (χ0) is 9.26. The summed E-state index contributed by atoms with van der Waals surface area (Å²) >= 11 is 11.3. The van der Waals surface area contributed by atoms with Gasteiger partial charge in [0.05, 0.1) is 9.16 Å². The molecule has 1 heterocycles. The van der Waals surface area contributed by atoms with Crippen molar-refractivity contribution in [1.29, 1.82) is 0 Å². The van der Waals surface area contributed by atoms with Crippen LogP contribution < -0.4 is 0 Å². The molecule has 0 nitrogen and oxygen atoms in total. The molecule has 2 rings (SSSR count). The number of rotatable bonds is 2. The molecule has 1 aliphatic rings. The molecular weight excluding hydrogens is 268 g/mol. The number of allylic oxidation sites excluding steroid dienone is 2. The molecule has 1 unspecified atom stereocenters. The van der Waals surface area contributed by atoms with Crippen molar-refractivity contribution in [2.45, 2.75) is 24.6 Å². The summed E-state index contributed by atoms with van der Waals surface area (Å²) in [6, 6.07) is 4.28. The molecule has 1 aliphatic carbocycles. The second-order valence-corrected chi connectivity index (χ2v) is 6.37. The Morgan fingerprint density at radius 2 is 2.38 bits per heavy atom. The molecule has 0 saturated carbocycles. The molecule has 70 valence electrons. The first-order valence-electron chi connectivity index (χ1n) is 4.32. The summed E-state index contributed by atoms with van der Waals surface area (Å²) in [7, 11) is 0. The number of thiophene rings is 1.